The van der Waals surface area contributed by atoms with Gasteiger partial charge in [-0.25, -0.2) is 8.42 Å². The fourth-order valence-corrected chi connectivity index (χ4v) is 6.01. The molecule has 4 aromatic rings. The van der Waals surface area contributed by atoms with E-state index in [0.717, 1.165) is 24.0 Å². The number of ether oxygens (including phenoxy) is 1. The summed E-state index contributed by atoms with van der Waals surface area (Å²) in [7, 11) is -3.87. The Balaban J connectivity index is 1.52. The summed E-state index contributed by atoms with van der Waals surface area (Å²) in [6.45, 7) is 7.59. The Labute approximate surface area is 244 Å². The molecular weight excluding hydrogens is 558 g/mol. The predicted octanol–water partition coefficient (Wildman–Crippen LogP) is 6.43. The van der Waals surface area contributed by atoms with Gasteiger partial charge >= 0.3 is 5.97 Å². The van der Waals surface area contributed by atoms with Crippen molar-refractivity contribution in [1.82, 2.24) is 10.2 Å². The van der Waals surface area contributed by atoms with Crippen molar-refractivity contribution in [2.24, 2.45) is 0 Å². The monoisotopic (exact) mass is 591 g/mol. The summed E-state index contributed by atoms with van der Waals surface area (Å²) >= 11 is 1.26. The van der Waals surface area contributed by atoms with E-state index >= 15 is 0 Å². The van der Waals surface area contributed by atoms with Gasteiger partial charge in [0.25, 0.3) is 5.91 Å². The SMILES string of the molecule is CCCCN(C(=O)c1ccc(-c2ccccc2)cc1)c1nnc(-c2ccc(S(=O)(=O)CC(=O)OC(C)(C)C)cc2)s1. The smallest absolute Gasteiger partial charge is 0.322 e. The summed E-state index contributed by atoms with van der Waals surface area (Å²) in [6, 6.07) is 23.6. The van der Waals surface area contributed by atoms with Crippen molar-refractivity contribution in [3.05, 3.63) is 84.4 Å². The first kappa shape index (κ1) is 30.1. The Morgan fingerprint density at radius 2 is 1.46 bits per heavy atom. The number of nitrogens with zero attached hydrogens (tertiary/aromatic N) is 3. The summed E-state index contributed by atoms with van der Waals surface area (Å²) in [5.41, 5.74) is 2.53. The number of esters is 1. The Hall–Kier alpha value is -3.89. The van der Waals surface area contributed by atoms with Gasteiger partial charge in [-0.05, 0) is 62.6 Å². The predicted molar refractivity (Wildman–Crippen MR) is 162 cm³/mol. The van der Waals surface area contributed by atoms with Crippen LogP contribution in [0.25, 0.3) is 21.7 Å². The molecule has 3 aromatic carbocycles. The lowest BCUT2D eigenvalue weighted by Crippen LogP contribution is -2.31. The van der Waals surface area contributed by atoms with E-state index in [2.05, 4.69) is 17.1 Å². The van der Waals surface area contributed by atoms with E-state index in [1.807, 2.05) is 54.6 Å². The Morgan fingerprint density at radius 3 is 2.07 bits per heavy atom. The number of hydrogen-bond acceptors (Lipinski definition) is 8. The average Bonchev–Trinajstić information content (AvgIpc) is 3.42. The minimum atomic E-state index is -3.87. The summed E-state index contributed by atoms with van der Waals surface area (Å²) in [6.07, 6.45) is 1.70. The lowest BCUT2D eigenvalue weighted by Gasteiger charge is -2.19. The van der Waals surface area contributed by atoms with Gasteiger partial charge in [-0.15, -0.1) is 10.2 Å². The van der Waals surface area contributed by atoms with E-state index in [-0.39, 0.29) is 10.8 Å². The van der Waals surface area contributed by atoms with Crippen molar-refractivity contribution in [2.45, 2.75) is 51.0 Å². The first-order valence-electron chi connectivity index (χ1n) is 13.3. The first-order valence-corrected chi connectivity index (χ1v) is 15.8. The van der Waals surface area contributed by atoms with Gasteiger partial charge in [0.15, 0.2) is 15.6 Å². The summed E-state index contributed by atoms with van der Waals surface area (Å²) in [4.78, 5) is 27.3. The Kier molecular flexibility index (Phi) is 9.35. The average molecular weight is 592 g/mol. The van der Waals surface area contributed by atoms with Crippen LogP contribution < -0.4 is 4.90 Å². The van der Waals surface area contributed by atoms with Crippen LogP contribution in [-0.4, -0.2) is 48.4 Å². The van der Waals surface area contributed by atoms with Crippen molar-refractivity contribution in [2.75, 3.05) is 17.2 Å². The number of carbonyl (C=O) groups excluding carboxylic acids is 2. The number of aromatic nitrogens is 2. The second kappa shape index (κ2) is 12.7. The maximum Gasteiger partial charge on any atom is 0.322 e. The molecular formula is C31H33N3O5S2. The van der Waals surface area contributed by atoms with Gasteiger partial charge in [-0.3, -0.25) is 14.5 Å². The van der Waals surface area contributed by atoms with Crippen molar-refractivity contribution in [3.8, 4) is 21.7 Å². The van der Waals surface area contributed by atoms with Crippen LogP contribution in [0.4, 0.5) is 5.13 Å². The molecule has 0 aliphatic heterocycles. The van der Waals surface area contributed by atoms with Gasteiger partial charge in [0.2, 0.25) is 5.13 Å². The molecule has 1 aromatic heterocycles. The van der Waals surface area contributed by atoms with E-state index in [1.54, 1.807) is 37.8 Å². The van der Waals surface area contributed by atoms with Crippen LogP contribution >= 0.6 is 11.3 Å². The van der Waals surface area contributed by atoms with Gasteiger partial charge < -0.3 is 4.74 Å². The third kappa shape index (κ3) is 7.86. The van der Waals surface area contributed by atoms with Gasteiger partial charge in [0.05, 0.1) is 4.90 Å². The van der Waals surface area contributed by atoms with Crippen molar-refractivity contribution in [3.63, 3.8) is 0 Å². The highest BCUT2D eigenvalue weighted by molar-refractivity contribution is 7.92. The molecule has 0 unspecified atom stereocenters. The molecule has 214 valence electrons. The minimum absolute atomic E-state index is 0.00977. The van der Waals surface area contributed by atoms with Gasteiger partial charge in [0.1, 0.15) is 10.6 Å². The second-order valence-electron chi connectivity index (χ2n) is 10.5. The molecule has 0 spiro atoms. The van der Waals surface area contributed by atoms with E-state index in [1.165, 1.54) is 23.5 Å². The molecule has 0 saturated heterocycles. The number of amides is 1. The number of hydrogen-bond donors (Lipinski definition) is 0. The van der Waals surface area contributed by atoms with Crippen molar-refractivity contribution < 1.29 is 22.7 Å². The zero-order valence-electron chi connectivity index (χ0n) is 23.5. The largest absolute Gasteiger partial charge is 0.459 e. The number of unbranched alkanes of at least 4 members (excludes halogenated alkanes) is 1. The van der Waals surface area contributed by atoms with Crippen LogP contribution in [-0.2, 0) is 19.4 Å². The number of rotatable bonds is 10. The highest BCUT2D eigenvalue weighted by Gasteiger charge is 2.25. The third-order valence-electron chi connectivity index (χ3n) is 6.05. The zero-order valence-corrected chi connectivity index (χ0v) is 25.2. The van der Waals surface area contributed by atoms with Crippen molar-refractivity contribution >= 4 is 38.2 Å². The van der Waals surface area contributed by atoms with Crippen LogP contribution in [0.5, 0.6) is 0 Å². The van der Waals surface area contributed by atoms with E-state index in [9.17, 15) is 18.0 Å². The van der Waals surface area contributed by atoms with Gasteiger partial charge in [-0.2, -0.15) is 0 Å². The van der Waals surface area contributed by atoms with Crippen LogP contribution in [0.2, 0.25) is 0 Å². The molecule has 0 fully saturated rings. The Bertz CT molecular complexity index is 1590. The van der Waals surface area contributed by atoms with Gasteiger partial charge in [0, 0.05) is 17.7 Å². The number of benzene rings is 3. The molecule has 0 atom stereocenters. The van der Waals surface area contributed by atoms with Crippen LogP contribution in [0.15, 0.2) is 83.8 Å². The minimum Gasteiger partial charge on any atom is -0.459 e. The van der Waals surface area contributed by atoms with Crippen LogP contribution in [0.1, 0.15) is 50.9 Å². The lowest BCUT2D eigenvalue weighted by molar-refractivity contribution is -0.151. The molecule has 8 nitrogen and oxygen atoms in total. The normalized spacial score (nSPS) is 11.7. The maximum absolute atomic E-state index is 13.5. The Morgan fingerprint density at radius 1 is 0.854 bits per heavy atom. The first-order chi connectivity index (χ1) is 19.5. The number of sulfone groups is 1. The molecule has 0 radical (unpaired) electrons. The fraction of sp³-hybridized carbons (Fsp3) is 0.290. The van der Waals surface area contributed by atoms with Crippen LogP contribution in [0.3, 0.4) is 0 Å². The molecule has 4 rings (SSSR count). The molecule has 1 heterocycles. The quantitative estimate of drug-likeness (QED) is 0.196. The zero-order chi connectivity index (χ0) is 29.6. The van der Waals surface area contributed by atoms with Crippen LogP contribution in [0, 0.1) is 0 Å². The van der Waals surface area contributed by atoms with E-state index in [0.29, 0.717) is 27.8 Å². The maximum atomic E-state index is 13.5. The highest BCUT2D eigenvalue weighted by Crippen LogP contribution is 2.31. The molecule has 1 amide bonds. The summed E-state index contributed by atoms with van der Waals surface area (Å²) in [5.74, 6) is -1.71. The molecule has 41 heavy (non-hydrogen) atoms. The number of carbonyl (C=O) groups is 2. The van der Waals surface area contributed by atoms with E-state index < -0.39 is 27.2 Å². The molecule has 0 aliphatic rings. The lowest BCUT2D eigenvalue weighted by atomic mass is 10.0. The van der Waals surface area contributed by atoms with Crippen molar-refractivity contribution in [1.29, 1.82) is 0 Å². The molecule has 10 heteroatoms. The van der Waals surface area contributed by atoms with Gasteiger partial charge in [-0.1, -0.05) is 79.3 Å². The third-order valence-corrected chi connectivity index (χ3v) is 8.65. The molecule has 0 aliphatic carbocycles. The topological polar surface area (TPSA) is 107 Å². The summed E-state index contributed by atoms with van der Waals surface area (Å²) < 4.78 is 30.6. The second-order valence-corrected chi connectivity index (χ2v) is 13.5. The number of anilines is 1. The summed E-state index contributed by atoms with van der Waals surface area (Å²) in [5, 5.41) is 9.58. The fourth-order valence-electron chi connectivity index (χ4n) is 4.05. The van der Waals surface area contributed by atoms with E-state index in [4.69, 9.17) is 4.74 Å². The molecule has 0 bridgehead atoms. The standard InChI is InChI=1S/C31H33N3O5S2/c1-5-6-20-34(29(36)25-14-12-23(13-15-25)22-10-8-7-9-11-22)30-33-32-28(40-30)24-16-18-26(19-17-24)41(37,38)21-27(35)39-31(2,3)4/h7-19H,5-6,20-21H2,1-4H3. The molecule has 0 N–H and O–H groups in total. The highest BCUT2D eigenvalue weighted by atomic mass is 32.2. The molecule has 0 saturated carbocycles.